The minimum absolute atomic E-state index is 0.0385. The first-order valence-corrected chi connectivity index (χ1v) is 5.37. The Bertz CT molecular complexity index is 444. The number of rotatable bonds is 6. The molecule has 3 N–H and O–H groups in total. The maximum Gasteiger partial charge on any atom is 0.322 e. The van der Waals surface area contributed by atoms with Crippen LogP contribution in [0, 0.1) is 0 Å². The predicted molar refractivity (Wildman–Crippen MR) is 63.6 cm³/mol. The monoisotopic (exact) mass is 253 g/mol. The molecule has 1 rings (SSSR count). The molecule has 18 heavy (non-hydrogen) atoms. The number of amides is 1. The van der Waals surface area contributed by atoms with Gasteiger partial charge in [0.15, 0.2) is 11.5 Å². The van der Waals surface area contributed by atoms with E-state index in [4.69, 9.17) is 9.84 Å². The van der Waals surface area contributed by atoms with Crippen LogP contribution in [0.4, 0.5) is 0 Å². The number of methoxy groups -OCH3 is 1. The fourth-order valence-corrected chi connectivity index (χ4v) is 1.40. The number of ether oxygens (including phenoxy) is 1. The van der Waals surface area contributed by atoms with Crippen molar-refractivity contribution in [3.05, 3.63) is 23.8 Å². The van der Waals surface area contributed by atoms with Gasteiger partial charge in [-0.2, -0.15) is 0 Å². The molecule has 6 heteroatoms. The number of carbonyl (C=O) groups is 2. The van der Waals surface area contributed by atoms with Crippen molar-refractivity contribution in [2.45, 2.75) is 12.8 Å². The number of nitrogens with one attached hydrogen (secondary N) is 1. The van der Waals surface area contributed by atoms with E-state index in [1.165, 1.54) is 13.2 Å². The van der Waals surface area contributed by atoms with E-state index in [-0.39, 0.29) is 24.6 Å². The fourth-order valence-electron chi connectivity index (χ4n) is 1.40. The number of carboxylic acids is 1. The number of carbonyl (C=O) groups excluding carboxylic acids is 1. The SMILES string of the molecule is COc1cc(CCC(=O)NCC(=O)O)ccc1O. The lowest BCUT2D eigenvalue weighted by Crippen LogP contribution is -2.29. The lowest BCUT2D eigenvalue weighted by atomic mass is 10.1. The van der Waals surface area contributed by atoms with Crippen molar-refractivity contribution in [2.24, 2.45) is 0 Å². The molecule has 0 radical (unpaired) electrons. The van der Waals surface area contributed by atoms with Crippen LogP contribution >= 0.6 is 0 Å². The van der Waals surface area contributed by atoms with Crippen LogP contribution in [0.5, 0.6) is 11.5 Å². The van der Waals surface area contributed by atoms with E-state index in [2.05, 4.69) is 5.32 Å². The van der Waals surface area contributed by atoms with E-state index in [1.54, 1.807) is 12.1 Å². The van der Waals surface area contributed by atoms with E-state index >= 15 is 0 Å². The smallest absolute Gasteiger partial charge is 0.322 e. The molecule has 1 aromatic carbocycles. The first-order chi connectivity index (χ1) is 8.52. The van der Waals surface area contributed by atoms with Crippen LogP contribution < -0.4 is 10.1 Å². The third-order valence-electron chi connectivity index (χ3n) is 2.32. The number of aromatic hydroxyl groups is 1. The van der Waals surface area contributed by atoms with Crippen molar-refractivity contribution in [3.8, 4) is 11.5 Å². The number of hydrogen-bond donors (Lipinski definition) is 3. The summed E-state index contributed by atoms with van der Waals surface area (Å²) >= 11 is 0. The number of carboxylic acid groups (broad SMARTS) is 1. The van der Waals surface area contributed by atoms with Gasteiger partial charge in [-0.15, -0.1) is 0 Å². The van der Waals surface area contributed by atoms with Crippen LogP contribution in [0.1, 0.15) is 12.0 Å². The van der Waals surface area contributed by atoms with E-state index in [1.807, 2.05) is 0 Å². The highest BCUT2D eigenvalue weighted by Gasteiger charge is 2.06. The maximum atomic E-state index is 11.3. The van der Waals surface area contributed by atoms with Gasteiger partial charge >= 0.3 is 5.97 Å². The maximum absolute atomic E-state index is 11.3. The minimum atomic E-state index is -1.07. The van der Waals surface area contributed by atoms with Crippen molar-refractivity contribution in [1.82, 2.24) is 5.32 Å². The standard InChI is InChI=1S/C12H15NO5/c1-18-10-6-8(2-4-9(10)14)3-5-11(15)13-7-12(16)17/h2,4,6,14H,3,5,7H2,1H3,(H,13,15)(H,16,17). The Hall–Kier alpha value is -2.24. The van der Waals surface area contributed by atoms with E-state index in [0.29, 0.717) is 12.2 Å². The largest absolute Gasteiger partial charge is 0.504 e. The molecular formula is C12H15NO5. The van der Waals surface area contributed by atoms with Crippen molar-refractivity contribution in [3.63, 3.8) is 0 Å². The highest BCUT2D eigenvalue weighted by molar-refractivity contribution is 5.81. The van der Waals surface area contributed by atoms with Gasteiger partial charge in [0.25, 0.3) is 0 Å². The summed E-state index contributed by atoms with van der Waals surface area (Å²) in [7, 11) is 1.44. The van der Waals surface area contributed by atoms with Crippen molar-refractivity contribution in [2.75, 3.05) is 13.7 Å². The van der Waals surface area contributed by atoms with E-state index in [9.17, 15) is 14.7 Å². The molecule has 0 aromatic heterocycles. The summed E-state index contributed by atoms with van der Waals surface area (Å²) in [5.74, 6) is -1.02. The zero-order valence-corrected chi connectivity index (χ0v) is 9.97. The van der Waals surface area contributed by atoms with Gasteiger partial charge in [0, 0.05) is 6.42 Å². The van der Waals surface area contributed by atoms with Gasteiger partial charge < -0.3 is 20.3 Å². The summed E-state index contributed by atoms with van der Waals surface area (Å²) in [6, 6.07) is 4.81. The Morgan fingerprint density at radius 3 is 2.72 bits per heavy atom. The lowest BCUT2D eigenvalue weighted by molar-refractivity contribution is -0.137. The highest BCUT2D eigenvalue weighted by Crippen LogP contribution is 2.26. The second-order valence-electron chi connectivity index (χ2n) is 3.68. The van der Waals surface area contributed by atoms with E-state index in [0.717, 1.165) is 5.56 Å². The molecule has 0 saturated heterocycles. The number of phenols is 1. The molecule has 0 atom stereocenters. The molecule has 0 bridgehead atoms. The Balaban J connectivity index is 2.48. The fraction of sp³-hybridized carbons (Fsp3) is 0.333. The molecule has 0 fully saturated rings. The number of phenolic OH excluding ortho intramolecular Hbond substituents is 1. The molecule has 0 unspecified atom stereocenters. The molecule has 0 aliphatic heterocycles. The summed E-state index contributed by atoms with van der Waals surface area (Å²) in [6.07, 6.45) is 0.628. The molecule has 1 amide bonds. The summed E-state index contributed by atoms with van der Waals surface area (Å²) in [4.78, 5) is 21.5. The van der Waals surface area contributed by atoms with Crippen molar-refractivity contribution in [1.29, 1.82) is 0 Å². The van der Waals surface area contributed by atoms with Crippen LogP contribution in [0.3, 0.4) is 0 Å². The van der Waals surface area contributed by atoms with Crippen molar-refractivity contribution >= 4 is 11.9 Å². The highest BCUT2D eigenvalue weighted by atomic mass is 16.5. The summed E-state index contributed by atoms with van der Waals surface area (Å²) in [5, 5.41) is 20.0. The number of benzene rings is 1. The Kier molecular flexibility index (Phi) is 4.98. The lowest BCUT2D eigenvalue weighted by Gasteiger charge is -2.06. The quantitative estimate of drug-likeness (QED) is 0.687. The zero-order chi connectivity index (χ0) is 13.5. The second-order valence-corrected chi connectivity index (χ2v) is 3.68. The number of aliphatic carboxylic acids is 1. The predicted octanol–water partition coefficient (Wildman–Crippen LogP) is 0.534. The summed E-state index contributed by atoms with van der Waals surface area (Å²) in [5.41, 5.74) is 0.829. The average molecular weight is 253 g/mol. The number of aryl methyl sites for hydroxylation is 1. The zero-order valence-electron chi connectivity index (χ0n) is 9.97. The van der Waals surface area contributed by atoms with Crippen LogP contribution in [0.2, 0.25) is 0 Å². The van der Waals surface area contributed by atoms with Crippen LogP contribution in [0.15, 0.2) is 18.2 Å². The molecule has 6 nitrogen and oxygen atoms in total. The van der Waals surface area contributed by atoms with Gasteiger partial charge in [0.1, 0.15) is 6.54 Å². The molecule has 0 aliphatic rings. The van der Waals surface area contributed by atoms with Gasteiger partial charge in [-0.3, -0.25) is 9.59 Å². The van der Waals surface area contributed by atoms with Crippen LogP contribution in [-0.4, -0.2) is 35.7 Å². The van der Waals surface area contributed by atoms with Crippen molar-refractivity contribution < 1.29 is 24.5 Å². The average Bonchev–Trinajstić information content (AvgIpc) is 2.35. The Labute approximate surface area is 104 Å². The minimum Gasteiger partial charge on any atom is -0.504 e. The molecule has 98 valence electrons. The first-order valence-electron chi connectivity index (χ1n) is 5.37. The second kappa shape index (κ2) is 6.48. The summed E-state index contributed by atoms with van der Waals surface area (Å²) < 4.78 is 4.94. The van der Waals surface area contributed by atoms with Gasteiger partial charge in [0.2, 0.25) is 5.91 Å². The Morgan fingerprint density at radius 2 is 2.11 bits per heavy atom. The topological polar surface area (TPSA) is 95.9 Å². The molecule has 0 spiro atoms. The molecule has 0 heterocycles. The van der Waals surface area contributed by atoms with Gasteiger partial charge in [-0.05, 0) is 24.1 Å². The van der Waals surface area contributed by atoms with Gasteiger partial charge in [-0.25, -0.2) is 0 Å². The van der Waals surface area contributed by atoms with Crippen LogP contribution in [-0.2, 0) is 16.0 Å². The molecule has 0 saturated carbocycles. The van der Waals surface area contributed by atoms with E-state index < -0.39 is 5.97 Å². The third kappa shape index (κ3) is 4.32. The van der Waals surface area contributed by atoms with Crippen LogP contribution in [0.25, 0.3) is 0 Å². The number of hydrogen-bond acceptors (Lipinski definition) is 4. The Morgan fingerprint density at radius 1 is 1.39 bits per heavy atom. The molecular weight excluding hydrogens is 238 g/mol. The van der Waals surface area contributed by atoms with Gasteiger partial charge in [-0.1, -0.05) is 6.07 Å². The normalized spacial score (nSPS) is 9.83. The molecule has 0 aliphatic carbocycles. The summed E-state index contributed by atoms with van der Waals surface area (Å²) in [6.45, 7) is -0.377. The van der Waals surface area contributed by atoms with Gasteiger partial charge in [0.05, 0.1) is 7.11 Å². The first kappa shape index (κ1) is 13.8. The molecule has 1 aromatic rings. The third-order valence-corrected chi connectivity index (χ3v) is 2.32.